The zero-order chi connectivity index (χ0) is 14.8. The van der Waals surface area contributed by atoms with E-state index < -0.39 is 0 Å². The number of H-pyrrole nitrogens is 1. The number of nitrogens with zero attached hydrogens (tertiary/aromatic N) is 3. The maximum Gasteiger partial charge on any atom is 0.196 e. The molecule has 0 bridgehead atoms. The van der Waals surface area contributed by atoms with Gasteiger partial charge in [-0.15, -0.1) is 0 Å². The second-order valence-corrected chi connectivity index (χ2v) is 5.51. The first-order valence-corrected chi connectivity index (χ1v) is 7.28. The molecule has 21 heavy (non-hydrogen) atoms. The molecular formula is C15H13ClN4S. The Balaban J connectivity index is 2.11. The van der Waals surface area contributed by atoms with Gasteiger partial charge in [0.2, 0.25) is 0 Å². The Morgan fingerprint density at radius 3 is 2.71 bits per heavy atom. The first-order valence-electron chi connectivity index (χ1n) is 6.49. The van der Waals surface area contributed by atoms with Crippen molar-refractivity contribution in [1.29, 1.82) is 0 Å². The van der Waals surface area contributed by atoms with Crippen LogP contribution < -0.4 is 0 Å². The van der Waals surface area contributed by atoms with Crippen molar-refractivity contribution >= 4 is 23.8 Å². The van der Waals surface area contributed by atoms with Crippen LogP contribution >= 0.6 is 23.8 Å². The highest BCUT2D eigenvalue weighted by Crippen LogP contribution is 2.26. The van der Waals surface area contributed by atoms with Crippen molar-refractivity contribution in [3.63, 3.8) is 0 Å². The lowest BCUT2D eigenvalue weighted by atomic mass is 10.1. The molecule has 1 N–H and O–H groups in total. The molecule has 0 fully saturated rings. The lowest BCUT2D eigenvalue weighted by Crippen LogP contribution is -2.08. The molecule has 1 aromatic carbocycles. The highest BCUT2D eigenvalue weighted by atomic mass is 35.5. The van der Waals surface area contributed by atoms with Crippen molar-refractivity contribution < 1.29 is 0 Å². The van der Waals surface area contributed by atoms with Crippen LogP contribution in [0, 0.1) is 4.77 Å². The van der Waals surface area contributed by atoms with E-state index in [1.807, 2.05) is 41.0 Å². The Kier molecular flexibility index (Phi) is 3.86. The molecule has 0 aliphatic heterocycles. The van der Waals surface area contributed by atoms with Crippen LogP contribution in [0.25, 0.3) is 11.4 Å². The first-order chi connectivity index (χ1) is 10.2. The molecule has 4 nitrogen and oxygen atoms in total. The average molecular weight is 317 g/mol. The summed E-state index contributed by atoms with van der Waals surface area (Å²) in [5.74, 6) is 0.787. The second kappa shape index (κ2) is 5.79. The van der Waals surface area contributed by atoms with Crippen LogP contribution in [0.5, 0.6) is 0 Å². The summed E-state index contributed by atoms with van der Waals surface area (Å²) >= 11 is 11.5. The van der Waals surface area contributed by atoms with Gasteiger partial charge in [-0.3, -0.25) is 14.6 Å². The van der Waals surface area contributed by atoms with Crippen LogP contribution in [0.2, 0.25) is 5.02 Å². The highest BCUT2D eigenvalue weighted by Gasteiger charge is 2.16. The third-order valence-electron chi connectivity index (χ3n) is 3.36. The summed E-state index contributed by atoms with van der Waals surface area (Å²) < 4.78 is 2.56. The predicted octanol–water partition coefficient (Wildman–Crippen LogP) is 4.27. The van der Waals surface area contributed by atoms with Crippen LogP contribution in [0.15, 0.2) is 48.8 Å². The molecule has 0 saturated carbocycles. The molecule has 0 saturated heterocycles. The van der Waals surface area contributed by atoms with E-state index in [2.05, 4.69) is 22.1 Å². The normalized spacial score (nSPS) is 12.3. The first kappa shape index (κ1) is 14.0. The fourth-order valence-electron chi connectivity index (χ4n) is 2.28. The molecule has 1 atom stereocenters. The molecule has 1 unspecified atom stereocenters. The molecule has 2 heterocycles. The molecule has 6 heteroatoms. The van der Waals surface area contributed by atoms with Crippen molar-refractivity contribution in [3.8, 4) is 11.4 Å². The Morgan fingerprint density at radius 1 is 1.24 bits per heavy atom. The molecule has 0 aliphatic rings. The van der Waals surface area contributed by atoms with E-state index in [4.69, 9.17) is 23.8 Å². The lowest BCUT2D eigenvalue weighted by molar-refractivity contribution is 0.635. The molecular weight excluding hydrogens is 304 g/mol. The number of aromatic amines is 1. The molecule has 106 valence electrons. The van der Waals surface area contributed by atoms with E-state index >= 15 is 0 Å². The number of hydrogen-bond acceptors (Lipinski definition) is 3. The van der Waals surface area contributed by atoms with Gasteiger partial charge in [0.05, 0.1) is 6.04 Å². The molecule has 0 spiro atoms. The van der Waals surface area contributed by atoms with Gasteiger partial charge in [0, 0.05) is 23.0 Å². The molecule has 2 aromatic heterocycles. The Morgan fingerprint density at radius 2 is 2.00 bits per heavy atom. The largest absolute Gasteiger partial charge is 0.293 e. The van der Waals surface area contributed by atoms with E-state index in [-0.39, 0.29) is 6.04 Å². The monoisotopic (exact) mass is 316 g/mol. The van der Waals surface area contributed by atoms with Crippen molar-refractivity contribution in [2.24, 2.45) is 0 Å². The Hall–Kier alpha value is -1.98. The van der Waals surface area contributed by atoms with Gasteiger partial charge in [-0.05, 0) is 49.0 Å². The zero-order valence-corrected chi connectivity index (χ0v) is 12.9. The van der Waals surface area contributed by atoms with Crippen molar-refractivity contribution in [3.05, 3.63) is 64.1 Å². The number of nitrogens with one attached hydrogen (secondary N) is 1. The van der Waals surface area contributed by atoms with E-state index in [0.717, 1.165) is 17.0 Å². The highest BCUT2D eigenvalue weighted by molar-refractivity contribution is 7.71. The third kappa shape index (κ3) is 2.75. The average Bonchev–Trinajstić information content (AvgIpc) is 2.89. The van der Waals surface area contributed by atoms with Gasteiger partial charge in [0.1, 0.15) is 0 Å². The summed E-state index contributed by atoms with van der Waals surface area (Å²) in [5.41, 5.74) is 2.04. The van der Waals surface area contributed by atoms with Crippen molar-refractivity contribution in [1.82, 2.24) is 19.7 Å². The summed E-state index contributed by atoms with van der Waals surface area (Å²) in [6, 6.07) is 11.6. The summed E-state index contributed by atoms with van der Waals surface area (Å²) in [7, 11) is 0. The predicted molar refractivity (Wildman–Crippen MR) is 85.9 cm³/mol. The van der Waals surface area contributed by atoms with Crippen molar-refractivity contribution in [2.45, 2.75) is 13.0 Å². The van der Waals surface area contributed by atoms with Crippen LogP contribution in [0.4, 0.5) is 0 Å². The van der Waals surface area contributed by atoms with Gasteiger partial charge in [-0.1, -0.05) is 23.7 Å². The molecule has 3 aromatic rings. The number of hydrogen-bond donors (Lipinski definition) is 1. The number of pyridine rings is 1. The van der Waals surface area contributed by atoms with Gasteiger partial charge >= 0.3 is 0 Å². The van der Waals surface area contributed by atoms with Gasteiger partial charge in [-0.2, -0.15) is 5.10 Å². The topological polar surface area (TPSA) is 46.5 Å². The Labute approximate surface area is 132 Å². The summed E-state index contributed by atoms with van der Waals surface area (Å²) in [6.07, 6.45) is 3.48. The van der Waals surface area contributed by atoms with E-state index in [1.165, 1.54) is 0 Å². The summed E-state index contributed by atoms with van der Waals surface area (Å²) in [4.78, 5) is 4.03. The number of halogens is 1. The fraction of sp³-hybridized carbons (Fsp3) is 0.133. The standard InChI is InChI=1S/C15H13ClN4S/c1-10(12-3-2-4-13(16)9-12)20-14(18-19-15(20)21)11-5-7-17-8-6-11/h2-10H,1H3,(H,19,21). The minimum Gasteiger partial charge on any atom is -0.293 e. The van der Waals surface area contributed by atoms with Crippen LogP contribution in [0.1, 0.15) is 18.5 Å². The molecule has 0 amide bonds. The summed E-state index contributed by atoms with van der Waals surface area (Å²) in [5, 5.41) is 7.91. The van der Waals surface area contributed by atoms with E-state index in [9.17, 15) is 0 Å². The maximum absolute atomic E-state index is 6.08. The summed E-state index contributed by atoms with van der Waals surface area (Å²) in [6.45, 7) is 2.07. The fourth-order valence-corrected chi connectivity index (χ4v) is 2.77. The van der Waals surface area contributed by atoms with Gasteiger partial charge in [-0.25, -0.2) is 0 Å². The second-order valence-electron chi connectivity index (χ2n) is 4.69. The SMILES string of the molecule is CC(c1cccc(Cl)c1)n1c(-c2ccncc2)n[nH]c1=S. The van der Waals surface area contributed by atoms with Gasteiger partial charge in [0.25, 0.3) is 0 Å². The van der Waals surface area contributed by atoms with Gasteiger partial charge in [0.15, 0.2) is 10.6 Å². The van der Waals surface area contributed by atoms with Gasteiger partial charge < -0.3 is 0 Å². The molecule has 0 radical (unpaired) electrons. The minimum absolute atomic E-state index is 0.0260. The third-order valence-corrected chi connectivity index (χ3v) is 3.88. The lowest BCUT2D eigenvalue weighted by Gasteiger charge is -2.16. The number of rotatable bonds is 3. The minimum atomic E-state index is 0.0260. The number of benzene rings is 1. The molecule has 3 rings (SSSR count). The molecule has 0 aliphatic carbocycles. The van der Waals surface area contributed by atoms with Crippen LogP contribution in [-0.2, 0) is 0 Å². The van der Waals surface area contributed by atoms with E-state index in [0.29, 0.717) is 9.79 Å². The number of aromatic nitrogens is 4. The Bertz CT molecular complexity index is 810. The van der Waals surface area contributed by atoms with Crippen molar-refractivity contribution in [2.75, 3.05) is 0 Å². The quantitative estimate of drug-likeness (QED) is 0.734. The van der Waals surface area contributed by atoms with Crippen LogP contribution in [-0.4, -0.2) is 19.7 Å². The smallest absolute Gasteiger partial charge is 0.196 e. The zero-order valence-electron chi connectivity index (χ0n) is 11.3. The van der Waals surface area contributed by atoms with Crippen LogP contribution in [0.3, 0.4) is 0 Å². The van der Waals surface area contributed by atoms with E-state index in [1.54, 1.807) is 12.4 Å². The maximum atomic E-state index is 6.08.